The van der Waals surface area contributed by atoms with Crippen molar-refractivity contribution in [2.75, 3.05) is 20.2 Å². The molecule has 1 heterocycles. The number of halogens is 2. The van der Waals surface area contributed by atoms with Crippen molar-refractivity contribution < 1.29 is 22.7 Å². The molecule has 0 saturated heterocycles. The van der Waals surface area contributed by atoms with Gasteiger partial charge < -0.3 is 9.30 Å². The van der Waals surface area contributed by atoms with Gasteiger partial charge in [0.15, 0.2) is 4.80 Å². The van der Waals surface area contributed by atoms with Crippen molar-refractivity contribution >= 4 is 66.7 Å². The number of hydrogen-bond donors (Lipinski definition) is 0. The molecule has 37 heavy (non-hydrogen) atoms. The van der Waals surface area contributed by atoms with Crippen molar-refractivity contribution in [1.82, 2.24) is 8.87 Å². The normalized spacial score (nSPS) is 11.9. The van der Waals surface area contributed by atoms with Gasteiger partial charge in [-0.25, -0.2) is 8.42 Å². The molecule has 3 aromatic rings. The molecular formula is C23H19Cl2N5O5S2. The van der Waals surface area contributed by atoms with Crippen LogP contribution >= 0.6 is 34.5 Å². The zero-order valence-corrected chi connectivity index (χ0v) is 22.5. The van der Waals surface area contributed by atoms with Gasteiger partial charge in [0, 0.05) is 31.5 Å². The average molecular weight is 580 g/mol. The van der Waals surface area contributed by atoms with Crippen LogP contribution in [0.4, 0.5) is 0 Å². The van der Waals surface area contributed by atoms with E-state index in [2.05, 4.69) is 4.99 Å². The van der Waals surface area contributed by atoms with E-state index < -0.39 is 21.9 Å². The molecular weight excluding hydrogens is 561 g/mol. The highest BCUT2D eigenvalue weighted by Crippen LogP contribution is 2.32. The van der Waals surface area contributed by atoms with Crippen LogP contribution in [-0.2, 0) is 26.1 Å². The summed E-state index contributed by atoms with van der Waals surface area (Å²) in [6.07, 6.45) is -0.0633. The smallest absolute Gasteiger partial charge is 0.325 e. The van der Waals surface area contributed by atoms with Gasteiger partial charge in [-0.2, -0.15) is 19.8 Å². The lowest BCUT2D eigenvalue weighted by Gasteiger charge is -2.20. The minimum absolute atomic E-state index is 0.0317. The van der Waals surface area contributed by atoms with Crippen molar-refractivity contribution in [1.29, 1.82) is 10.5 Å². The molecule has 1 aromatic heterocycles. The Bertz CT molecular complexity index is 1580. The monoisotopic (exact) mass is 579 g/mol. The Hall–Kier alpha value is -3.26. The first-order valence-corrected chi connectivity index (χ1v) is 13.6. The number of benzene rings is 2. The third-order valence-corrected chi connectivity index (χ3v) is 8.88. The predicted molar refractivity (Wildman–Crippen MR) is 137 cm³/mol. The average Bonchev–Trinajstić information content (AvgIpc) is 3.23. The molecule has 0 bridgehead atoms. The summed E-state index contributed by atoms with van der Waals surface area (Å²) >= 11 is 13.6. The summed E-state index contributed by atoms with van der Waals surface area (Å²) in [6, 6.07) is 12.2. The quantitative estimate of drug-likeness (QED) is 0.351. The number of ether oxygens (including phenoxy) is 1. The van der Waals surface area contributed by atoms with E-state index in [1.165, 1.54) is 35.9 Å². The van der Waals surface area contributed by atoms with Crippen LogP contribution < -0.4 is 4.80 Å². The fourth-order valence-electron chi connectivity index (χ4n) is 3.30. The van der Waals surface area contributed by atoms with E-state index in [-0.39, 0.29) is 57.8 Å². The largest absolute Gasteiger partial charge is 0.468 e. The van der Waals surface area contributed by atoms with E-state index in [9.17, 15) is 18.0 Å². The zero-order valence-electron chi connectivity index (χ0n) is 19.3. The topological polar surface area (TPSA) is 146 Å². The maximum absolute atomic E-state index is 13.0. The number of methoxy groups -OCH3 is 1. The highest BCUT2D eigenvalue weighted by Gasteiger charge is 2.24. The number of rotatable bonds is 9. The summed E-state index contributed by atoms with van der Waals surface area (Å²) in [7, 11) is -2.76. The first-order valence-electron chi connectivity index (χ1n) is 10.6. The van der Waals surface area contributed by atoms with Crippen LogP contribution in [0, 0.1) is 22.7 Å². The fourth-order valence-corrected chi connectivity index (χ4v) is 6.25. The summed E-state index contributed by atoms with van der Waals surface area (Å²) in [5.41, 5.74) is 0.526. The number of carbonyl (C=O) groups excluding carboxylic acids is 2. The number of aromatic nitrogens is 1. The second kappa shape index (κ2) is 12.3. The molecule has 0 atom stereocenters. The third-order valence-electron chi connectivity index (χ3n) is 5.13. The van der Waals surface area contributed by atoms with Gasteiger partial charge in [0.05, 0.1) is 44.4 Å². The number of carbonyl (C=O) groups is 2. The van der Waals surface area contributed by atoms with Gasteiger partial charge >= 0.3 is 5.97 Å². The number of thiazole rings is 1. The first kappa shape index (κ1) is 28.3. The molecule has 0 unspecified atom stereocenters. The van der Waals surface area contributed by atoms with Gasteiger partial charge in [-0.15, -0.1) is 0 Å². The summed E-state index contributed by atoms with van der Waals surface area (Å²) in [5, 5.41) is 18.1. The standard InChI is InChI=1S/C23H19Cl2N5O5S2/c1-35-19(31)14-30-21-18(9-8-17(24)20(21)25)36-23(30)28-22(32)15-4-6-16(7-5-15)37(33,34)29(12-2-10-26)13-3-11-27/h4-9H,2-3,12-14H2,1H3. The molecule has 14 heteroatoms. The van der Waals surface area contributed by atoms with Crippen LogP contribution in [0.25, 0.3) is 10.2 Å². The van der Waals surface area contributed by atoms with Crippen LogP contribution in [0.2, 0.25) is 10.0 Å². The van der Waals surface area contributed by atoms with Gasteiger partial charge in [0.2, 0.25) is 10.0 Å². The van der Waals surface area contributed by atoms with Crippen LogP contribution in [0.3, 0.4) is 0 Å². The van der Waals surface area contributed by atoms with Crippen molar-refractivity contribution in [3.05, 3.63) is 56.8 Å². The molecule has 0 radical (unpaired) electrons. The van der Waals surface area contributed by atoms with Crippen molar-refractivity contribution in [2.45, 2.75) is 24.3 Å². The van der Waals surface area contributed by atoms with Crippen molar-refractivity contribution in [3.63, 3.8) is 0 Å². The zero-order chi connectivity index (χ0) is 27.2. The molecule has 0 spiro atoms. The molecule has 0 aliphatic carbocycles. The number of nitrogens with zero attached hydrogens (tertiary/aromatic N) is 5. The summed E-state index contributed by atoms with van der Waals surface area (Å²) < 4.78 is 33.8. The van der Waals surface area contributed by atoms with Gasteiger partial charge in [-0.3, -0.25) is 9.59 Å². The molecule has 0 aliphatic rings. The van der Waals surface area contributed by atoms with Gasteiger partial charge in [0.25, 0.3) is 5.91 Å². The summed E-state index contributed by atoms with van der Waals surface area (Å²) in [5.74, 6) is -1.27. The third kappa shape index (κ3) is 6.36. The number of sulfonamides is 1. The molecule has 10 nitrogen and oxygen atoms in total. The van der Waals surface area contributed by atoms with E-state index in [0.717, 1.165) is 15.6 Å². The molecule has 2 aromatic carbocycles. The lowest BCUT2D eigenvalue weighted by atomic mass is 10.2. The number of amides is 1. The Balaban J connectivity index is 1.99. The predicted octanol–water partition coefficient (Wildman–Crippen LogP) is 3.74. The number of esters is 1. The molecule has 0 N–H and O–H groups in total. The number of hydrogen-bond acceptors (Lipinski definition) is 8. The molecule has 192 valence electrons. The van der Waals surface area contributed by atoms with Gasteiger partial charge in [-0.1, -0.05) is 34.5 Å². The molecule has 0 fully saturated rings. The first-order chi connectivity index (χ1) is 17.6. The Kier molecular flexibility index (Phi) is 9.43. The lowest BCUT2D eigenvalue weighted by Crippen LogP contribution is -2.32. The van der Waals surface area contributed by atoms with E-state index in [0.29, 0.717) is 10.2 Å². The maximum atomic E-state index is 13.0. The van der Waals surface area contributed by atoms with Crippen molar-refractivity contribution in [2.24, 2.45) is 4.99 Å². The molecule has 3 rings (SSSR count). The second-order valence-electron chi connectivity index (χ2n) is 7.42. The van der Waals surface area contributed by atoms with Gasteiger partial charge in [0.1, 0.15) is 6.54 Å². The van der Waals surface area contributed by atoms with Crippen LogP contribution in [0.5, 0.6) is 0 Å². The highest BCUT2D eigenvalue weighted by molar-refractivity contribution is 7.89. The molecule has 0 aliphatic heterocycles. The van der Waals surface area contributed by atoms with Gasteiger partial charge in [-0.05, 0) is 36.4 Å². The van der Waals surface area contributed by atoms with E-state index >= 15 is 0 Å². The molecule has 0 saturated carbocycles. The Morgan fingerprint density at radius 2 is 1.70 bits per heavy atom. The highest BCUT2D eigenvalue weighted by atomic mass is 35.5. The van der Waals surface area contributed by atoms with Crippen LogP contribution in [0.15, 0.2) is 46.3 Å². The maximum Gasteiger partial charge on any atom is 0.325 e. The molecule has 1 amide bonds. The summed E-state index contributed by atoms with van der Waals surface area (Å²) in [6.45, 7) is -0.383. The van der Waals surface area contributed by atoms with Crippen LogP contribution in [0.1, 0.15) is 23.2 Å². The minimum Gasteiger partial charge on any atom is -0.468 e. The lowest BCUT2D eigenvalue weighted by molar-refractivity contribution is -0.141. The second-order valence-corrected chi connectivity index (χ2v) is 11.1. The van der Waals surface area contributed by atoms with Crippen molar-refractivity contribution in [3.8, 4) is 12.1 Å². The Labute approximate surface area is 226 Å². The Morgan fingerprint density at radius 1 is 1.08 bits per heavy atom. The van der Waals surface area contributed by atoms with E-state index in [1.807, 2.05) is 12.1 Å². The van der Waals surface area contributed by atoms with Crippen LogP contribution in [-0.4, -0.2) is 49.4 Å². The SMILES string of the molecule is COC(=O)Cn1c(=NC(=O)c2ccc(S(=O)(=O)N(CCC#N)CCC#N)cc2)sc2ccc(Cl)c(Cl)c21. The van der Waals surface area contributed by atoms with E-state index in [4.69, 9.17) is 38.5 Å². The number of nitriles is 2. The van der Waals surface area contributed by atoms with E-state index in [1.54, 1.807) is 12.1 Å². The summed E-state index contributed by atoms with van der Waals surface area (Å²) in [4.78, 5) is 29.2. The minimum atomic E-state index is -3.99. The fraction of sp³-hybridized carbons (Fsp3) is 0.261. The number of fused-ring (bicyclic) bond motifs is 1. The Morgan fingerprint density at radius 3 is 2.27 bits per heavy atom.